The first kappa shape index (κ1) is 21.2. The molecule has 3 aromatic rings. The molecular weight excluding hydrogens is 436 g/mol. The van der Waals surface area contributed by atoms with Crippen molar-refractivity contribution in [2.75, 3.05) is 10.6 Å². The summed E-state index contributed by atoms with van der Waals surface area (Å²) in [5.41, 5.74) is 1.27. The highest BCUT2D eigenvalue weighted by Gasteiger charge is 2.23. The molecule has 29 heavy (non-hydrogen) atoms. The van der Waals surface area contributed by atoms with Crippen LogP contribution in [0.3, 0.4) is 0 Å². The van der Waals surface area contributed by atoms with Gasteiger partial charge in [-0.15, -0.1) is 0 Å². The van der Waals surface area contributed by atoms with Gasteiger partial charge in [-0.05, 0) is 49.4 Å². The fourth-order valence-corrected chi connectivity index (χ4v) is 4.68. The summed E-state index contributed by atoms with van der Waals surface area (Å²) < 4.78 is 27.9. The number of benzene rings is 2. The quantitative estimate of drug-likeness (QED) is 0.530. The van der Waals surface area contributed by atoms with Gasteiger partial charge in [0.1, 0.15) is 0 Å². The second-order valence-electron chi connectivity index (χ2n) is 6.17. The predicted octanol–water partition coefficient (Wildman–Crippen LogP) is 3.21. The Labute approximate surface area is 176 Å². The molecule has 0 aliphatic carbocycles. The van der Waals surface area contributed by atoms with Gasteiger partial charge in [0.25, 0.3) is 0 Å². The third kappa shape index (κ3) is 5.30. The summed E-state index contributed by atoms with van der Waals surface area (Å²) in [6, 6.07) is 9.77. The number of hydrogen-bond donors (Lipinski definition) is 3. The number of aromatic nitrogens is 1. The van der Waals surface area contributed by atoms with E-state index in [0.717, 1.165) is 4.70 Å². The monoisotopic (exact) mass is 452 g/mol. The molecule has 0 spiro atoms. The molecule has 1 aromatic heterocycles. The highest BCUT2D eigenvalue weighted by atomic mass is 35.5. The summed E-state index contributed by atoms with van der Waals surface area (Å²) in [4.78, 5) is 27.9. The van der Waals surface area contributed by atoms with Crippen LogP contribution in [0.1, 0.15) is 13.8 Å². The summed E-state index contributed by atoms with van der Waals surface area (Å²) in [6.07, 6.45) is 0. The van der Waals surface area contributed by atoms with E-state index in [1.165, 1.54) is 49.4 Å². The van der Waals surface area contributed by atoms with Crippen LogP contribution in [0.2, 0.25) is 5.02 Å². The van der Waals surface area contributed by atoms with Gasteiger partial charge in [-0.25, -0.2) is 13.4 Å². The Kier molecular flexibility index (Phi) is 6.18. The van der Waals surface area contributed by atoms with Gasteiger partial charge >= 0.3 is 0 Å². The maximum Gasteiger partial charge on any atom is 0.244 e. The van der Waals surface area contributed by atoms with Gasteiger partial charge in [0.05, 0.1) is 21.2 Å². The van der Waals surface area contributed by atoms with Crippen LogP contribution in [0, 0.1) is 0 Å². The molecule has 1 atom stereocenters. The molecule has 0 bridgehead atoms. The highest BCUT2D eigenvalue weighted by Crippen LogP contribution is 2.28. The van der Waals surface area contributed by atoms with Crippen LogP contribution in [0.25, 0.3) is 10.2 Å². The molecule has 1 heterocycles. The van der Waals surface area contributed by atoms with Crippen LogP contribution in [0.4, 0.5) is 10.8 Å². The van der Waals surface area contributed by atoms with Gasteiger partial charge in [-0.2, -0.15) is 4.72 Å². The molecule has 0 unspecified atom stereocenters. The van der Waals surface area contributed by atoms with Gasteiger partial charge in [0.2, 0.25) is 21.8 Å². The lowest BCUT2D eigenvalue weighted by Gasteiger charge is -2.13. The van der Waals surface area contributed by atoms with Crippen molar-refractivity contribution in [3.63, 3.8) is 0 Å². The number of nitrogens with one attached hydrogen (secondary N) is 3. The molecule has 0 saturated carbocycles. The number of sulfonamides is 1. The minimum Gasteiger partial charge on any atom is -0.326 e. The Balaban J connectivity index is 1.70. The van der Waals surface area contributed by atoms with E-state index in [-0.39, 0.29) is 10.8 Å². The smallest absolute Gasteiger partial charge is 0.244 e. The Morgan fingerprint density at radius 1 is 1.10 bits per heavy atom. The number of fused-ring (bicyclic) bond motifs is 1. The number of halogens is 1. The number of rotatable bonds is 6. The zero-order valence-corrected chi connectivity index (χ0v) is 17.8. The molecule has 0 saturated heterocycles. The topological polar surface area (TPSA) is 117 Å². The van der Waals surface area contributed by atoms with Crippen molar-refractivity contribution in [2.45, 2.75) is 24.8 Å². The number of thiazole rings is 1. The minimum absolute atomic E-state index is 0.00652. The summed E-state index contributed by atoms with van der Waals surface area (Å²) in [6.45, 7) is 2.85. The summed E-state index contributed by atoms with van der Waals surface area (Å²) in [5, 5.41) is 6.02. The molecule has 0 radical (unpaired) electrons. The molecule has 3 N–H and O–H groups in total. The Morgan fingerprint density at radius 3 is 2.45 bits per heavy atom. The standard InChI is InChI=1S/C18H17ClN4O4S2/c1-10(23-29(26,27)14-6-3-12(19)4-7-14)17(25)22-18-21-15-8-5-13(20-11(2)24)9-16(15)28-18/h3-10,23H,1-2H3,(H,20,24)(H,21,22,25)/t10-/m0/s1. The molecule has 0 fully saturated rings. The molecule has 152 valence electrons. The minimum atomic E-state index is -3.88. The lowest BCUT2D eigenvalue weighted by Crippen LogP contribution is -2.41. The maximum atomic E-state index is 12.4. The second-order valence-corrected chi connectivity index (χ2v) is 9.35. The van der Waals surface area contributed by atoms with Crippen molar-refractivity contribution < 1.29 is 18.0 Å². The van der Waals surface area contributed by atoms with Gasteiger partial charge in [0, 0.05) is 17.6 Å². The highest BCUT2D eigenvalue weighted by molar-refractivity contribution is 7.89. The third-order valence-corrected chi connectivity index (χ3v) is 6.53. The lowest BCUT2D eigenvalue weighted by molar-refractivity contribution is -0.117. The van der Waals surface area contributed by atoms with E-state index in [9.17, 15) is 18.0 Å². The van der Waals surface area contributed by atoms with E-state index >= 15 is 0 Å². The average Bonchev–Trinajstić information content (AvgIpc) is 3.02. The van der Waals surface area contributed by atoms with E-state index in [2.05, 4.69) is 20.3 Å². The van der Waals surface area contributed by atoms with Crippen molar-refractivity contribution in [2.24, 2.45) is 0 Å². The molecule has 2 aromatic carbocycles. The Hall–Kier alpha value is -2.53. The van der Waals surface area contributed by atoms with Crippen LogP contribution in [-0.2, 0) is 19.6 Å². The summed E-state index contributed by atoms with van der Waals surface area (Å²) >= 11 is 6.98. The number of hydrogen-bond acceptors (Lipinski definition) is 6. The summed E-state index contributed by atoms with van der Waals surface area (Å²) in [5.74, 6) is -0.743. The van der Waals surface area contributed by atoms with Gasteiger partial charge in [0.15, 0.2) is 5.13 Å². The summed E-state index contributed by atoms with van der Waals surface area (Å²) in [7, 11) is -3.88. The van der Waals surface area contributed by atoms with Gasteiger partial charge in [-0.1, -0.05) is 22.9 Å². The molecule has 8 nitrogen and oxygen atoms in total. The van der Waals surface area contributed by atoms with E-state index < -0.39 is 22.0 Å². The molecule has 2 amide bonds. The van der Waals surface area contributed by atoms with Crippen molar-refractivity contribution in [3.8, 4) is 0 Å². The number of nitrogens with zero attached hydrogens (tertiary/aromatic N) is 1. The number of anilines is 2. The molecular formula is C18H17ClN4O4S2. The van der Waals surface area contributed by atoms with Crippen molar-refractivity contribution in [1.82, 2.24) is 9.71 Å². The predicted molar refractivity (Wildman–Crippen MR) is 114 cm³/mol. The Bertz CT molecular complexity index is 1180. The average molecular weight is 453 g/mol. The van der Waals surface area contributed by atoms with Crippen LogP contribution in [0.15, 0.2) is 47.4 Å². The third-order valence-electron chi connectivity index (χ3n) is 3.79. The first-order valence-corrected chi connectivity index (χ1v) is 11.1. The molecule has 3 rings (SSSR count). The first-order valence-electron chi connectivity index (χ1n) is 8.41. The fraction of sp³-hybridized carbons (Fsp3) is 0.167. The fourth-order valence-electron chi connectivity index (χ4n) is 2.44. The van der Waals surface area contributed by atoms with Crippen LogP contribution in [0.5, 0.6) is 0 Å². The zero-order chi connectivity index (χ0) is 21.2. The van der Waals surface area contributed by atoms with Gasteiger partial charge in [-0.3, -0.25) is 9.59 Å². The largest absolute Gasteiger partial charge is 0.326 e. The van der Waals surface area contributed by atoms with Gasteiger partial charge < -0.3 is 10.6 Å². The van der Waals surface area contributed by atoms with Crippen molar-refractivity contribution in [1.29, 1.82) is 0 Å². The second kappa shape index (κ2) is 8.46. The SMILES string of the molecule is CC(=O)Nc1ccc2nc(NC(=O)[C@H](C)NS(=O)(=O)c3ccc(Cl)cc3)sc2c1. The van der Waals surface area contributed by atoms with E-state index in [1.54, 1.807) is 18.2 Å². The molecule has 0 aliphatic rings. The van der Waals surface area contributed by atoms with Crippen LogP contribution < -0.4 is 15.4 Å². The lowest BCUT2D eigenvalue weighted by atomic mass is 10.3. The zero-order valence-electron chi connectivity index (χ0n) is 15.4. The Morgan fingerprint density at radius 2 is 1.79 bits per heavy atom. The maximum absolute atomic E-state index is 12.4. The van der Waals surface area contributed by atoms with Crippen LogP contribution >= 0.6 is 22.9 Å². The first-order chi connectivity index (χ1) is 13.6. The molecule has 0 aliphatic heterocycles. The number of carbonyl (C=O) groups is 2. The van der Waals surface area contributed by atoms with E-state index in [1.807, 2.05) is 0 Å². The molecule has 11 heteroatoms. The normalized spacial score (nSPS) is 12.5. The van der Waals surface area contributed by atoms with E-state index in [0.29, 0.717) is 21.4 Å². The number of amides is 2. The van der Waals surface area contributed by atoms with Crippen molar-refractivity contribution >= 4 is 65.8 Å². The van der Waals surface area contributed by atoms with Crippen LogP contribution in [-0.4, -0.2) is 31.3 Å². The van der Waals surface area contributed by atoms with Crippen molar-refractivity contribution in [3.05, 3.63) is 47.5 Å². The van der Waals surface area contributed by atoms with E-state index in [4.69, 9.17) is 11.6 Å². The number of carbonyl (C=O) groups excluding carboxylic acids is 2.